The van der Waals surface area contributed by atoms with Crippen LogP contribution in [0.2, 0.25) is 0 Å². The van der Waals surface area contributed by atoms with E-state index in [4.69, 9.17) is 10.8 Å². The second-order valence-electron chi connectivity index (χ2n) is 7.06. The van der Waals surface area contributed by atoms with Crippen molar-refractivity contribution >= 4 is 6.09 Å². The van der Waals surface area contributed by atoms with Crippen LogP contribution in [0.25, 0.3) is 0 Å². The summed E-state index contributed by atoms with van der Waals surface area (Å²) >= 11 is 0. The molecule has 1 aliphatic rings. The van der Waals surface area contributed by atoms with Gasteiger partial charge in [0.2, 0.25) is 0 Å². The minimum absolute atomic E-state index is 0.0332. The van der Waals surface area contributed by atoms with Crippen molar-refractivity contribution in [3.63, 3.8) is 0 Å². The summed E-state index contributed by atoms with van der Waals surface area (Å²) in [5, 5.41) is 9.10. The van der Waals surface area contributed by atoms with E-state index >= 15 is 0 Å². The normalized spacial score (nSPS) is 20.1. The summed E-state index contributed by atoms with van der Waals surface area (Å²) in [6.45, 7) is 7.50. The van der Waals surface area contributed by atoms with E-state index in [1.54, 1.807) is 6.20 Å². The molecule has 21 heavy (non-hydrogen) atoms. The van der Waals surface area contributed by atoms with Gasteiger partial charge in [0, 0.05) is 36.4 Å². The topological polar surface area (TPSA) is 79.5 Å². The molecule has 2 heterocycles. The van der Waals surface area contributed by atoms with Gasteiger partial charge in [-0.3, -0.25) is 4.98 Å². The molecule has 3 N–H and O–H groups in total. The Morgan fingerprint density at radius 1 is 1.38 bits per heavy atom. The molecule has 1 aromatic rings. The molecular formula is C16H25N3O2. The monoisotopic (exact) mass is 291 g/mol. The van der Waals surface area contributed by atoms with Crippen molar-refractivity contribution in [2.75, 3.05) is 13.1 Å². The summed E-state index contributed by atoms with van der Waals surface area (Å²) in [4.78, 5) is 17.0. The Morgan fingerprint density at radius 2 is 2.00 bits per heavy atom. The lowest BCUT2D eigenvalue weighted by atomic mass is 9.64. The standard InChI is InChI=1S/C16H25N3O2/c1-15(2,3)13(12-6-4-5-9-18-12)16(17)7-10-19(11-8-16)14(20)21/h4-6,9,13H,7-8,10-11,17H2,1-3H3,(H,20,21). The van der Waals surface area contributed by atoms with Crippen molar-refractivity contribution in [1.29, 1.82) is 0 Å². The predicted molar refractivity (Wildman–Crippen MR) is 82.2 cm³/mol. The molecule has 5 heteroatoms. The van der Waals surface area contributed by atoms with Crippen molar-refractivity contribution in [2.45, 2.75) is 45.1 Å². The molecule has 1 fully saturated rings. The van der Waals surface area contributed by atoms with Crippen LogP contribution in [0, 0.1) is 5.41 Å². The molecule has 0 aliphatic carbocycles. The van der Waals surface area contributed by atoms with Crippen LogP contribution in [0.15, 0.2) is 24.4 Å². The van der Waals surface area contributed by atoms with E-state index in [1.165, 1.54) is 4.90 Å². The molecule has 0 saturated carbocycles. The zero-order valence-corrected chi connectivity index (χ0v) is 13.0. The molecule has 0 radical (unpaired) electrons. The number of pyridine rings is 1. The van der Waals surface area contributed by atoms with E-state index in [1.807, 2.05) is 18.2 Å². The highest BCUT2D eigenvalue weighted by molar-refractivity contribution is 5.65. The number of nitrogens with two attached hydrogens (primary N) is 1. The molecule has 1 atom stereocenters. The zero-order valence-electron chi connectivity index (χ0n) is 13.0. The van der Waals surface area contributed by atoms with Crippen molar-refractivity contribution < 1.29 is 9.90 Å². The predicted octanol–water partition coefficient (Wildman–Crippen LogP) is 2.68. The maximum atomic E-state index is 11.1. The molecule has 1 saturated heterocycles. The van der Waals surface area contributed by atoms with E-state index in [9.17, 15) is 4.79 Å². The second kappa shape index (κ2) is 5.64. The number of rotatable bonds is 2. The largest absolute Gasteiger partial charge is 0.465 e. The Morgan fingerprint density at radius 3 is 2.43 bits per heavy atom. The van der Waals surface area contributed by atoms with Gasteiger partial charge in [0.1, 0.15) is 0 Å². The average Bonchev–Trinajstić information content (AvgIpc) is 2.38. The van der Waals surface area contributed by atoms with Crippen LogP contribution in [0.1, 0.15) is 45.2 Å². The summed E-state index contributed by atoms with van der Waals surface area (Å²) < 4.78 is 0. The van der Waals surface area contributed by atoms with E-state index in [-0.39, 0.29) is 11.3 Å². The first-order valence-electron chi connectivity index (χ1n) is 7.42. The minimum atomic E-state index is -0.859. The Labute approximate surface area is 126 Å². The van der Waals surface area contributed by atoms with Gasteiger partial charge in [-0.25, -0.2) is 4.79 Å². The molecule has 0 spiro atoms. The SMILES string of the molecule is CC(C)(C)C(c1ccccn1)C1(N)CCN(C(=O)O)CC1. The van der Waals surface area contributed by atoms with Crippen LogP contribution in [0.5, 0.6) is 0 Å². The lowest BCUT2D eigenvalue weighted by Crippen LogP contribution is -2.57. The van der Waals surface area contributed by atoms with Gasteiger partial charge in [-0.2, -0.15) is 0 Å². The van der Waals surface area contributed by atoms with E-state index in [2.05, 4.69) is 25.8 Å². The number of carbonyl (C=O) groups is 1. The molecular weight excluding hydrogens is 266 g/mol. The van der Waals surface area contributed by atoms with Crippen LogP contribution in [-0.4, -0.2) is 39.7 Å². The van der Waals surface area contributed by atoms with Crippen LogP contribution < -0.4 is 5.73 Å². The van der Waals surface area contributed by atoms with Gasteiger partial charge in [-0.1, -0.05) is 26.8 Å². The Hall–Kier alpha value is -1.62. The maximum absolute atomic E-state index is 11.1. The summed E-state index contributed by atoms with van der Waals surface area (Å²) in [7, 11) is 0. The molecule has 2 rings (SSSR count). The third-order valence-electron chi connectivity index (χ3n) is 4.39. The van der Waals surface area contributed by atoms with Crippen LogP contribution in [0.4, 0.5) is 4.79 Å². The Bertz CT molecular complexity index is 488. The molecule has 1 amide bonds. The minimum Gasteiger partial charge on any atom is -0.465 e. The fourth-order valence-electron chi connectivity index (χ4n) is 3.55. The number of aromatic nitrogens is 1. The number of carboxylic acid groups (broad SMARTS) is 1. The third-order valence-corrected chi connectivity index (χ3v) is 4.39. The third kappa shape index (κ3) is 3.35. The van der Waals surface area contributed by atoms with Crippen molar-refractivity contribution in [3.8, 4) is 0 Å². The maximum Gasteiger partial charge on any atom is 0.407 e. The number of likely N-dealkylation sites (tertiary alicyclic amines) is 1. The Kier molecular flexibility index (Phi) is 4.23. The quantitative estimate of drug-likeness (QED) is 0.878. The highest BCUT2D eigenvalue weighted by Crippen LogP contribution is 2.45. The highest BCUT2D eigenvalue weighted by atomic mass is 16.4. The summed E-state index contributed by atoms with van der Waals surface area (Å²) in [5.41, 5.74) is 7.27. The lowest BCUT2D eigenvalue weighted by Gasteiger charge is -2.48. The van der Waals surface area contributed by atoms with Gasteiger partial charge in [-0.05, 0) is 30.4 Å². The first kappa shape index (κ1) is 15.8. The van der Waals surface area contributed by atoms with E-state index < -0.39 is 11.6 Å². The van der Waals surface area contributed by atoms with E-state index in [0.717, 1.165) is 5.69 Å². The first-order valence-corrected chi connectivity index (χ1v) is 7.42. The summed E-state index contributed by atoms with van der Waals surface area (Å²) in [6, 6.07) is 5.91. The molecule has 116 valence electrons. The van der Waals surface area contributed by atoms with Crippen LogP contribution in [-0.2, 0) is 0 Å². The molecule has 0 bridgehead atoms. The summed E-state index contributed by atoms with van der Waals surface area (Å²) in [6.07, 6.45) is 2.27. The fraction of sp³-hybridized carbons (Fsp3) is 0.625. The van der Waals surface area contributed by atoms with Gasteiger partial charge < -0.3 is 15.7 Å². The highest BCUT2D eigenvalue weighted by Gasteiger charge is 2.45. The van der Waals surface area contributed by atoms with Gasteiger partial charge >= 0.3 is 6.09 Å². The van der Waals surface area contributed by atoms with Gasteiger partial charge in [0.05, 0.1) is 0 Å². The average molecular weight is 291 g/mol. The second-order valence-corrected chi connectivity index (χ2v) is 7.06. The number of hydrogen-bond donors (Lipinski definition) is 2. The first-order chi connectivity index (χ1) is 9.74. The smallest absolute Gasteiger partial charge is 0.407 e. The van der Waals surface area contributed by atoms with Crippen LogP contribution in [0.3, 0.4) is 0 Å². The summed E-state index contributed by atoms with van der Waals surface area (Å²) in [5.74, 6) is 0.0992. The zero-order chi connectivity index (χ0) is 15.7. The van der Waals surface area contributed by atoms with Crippen molar-refractivity contribution in [2.24, 2.45) is 11.1 Å². The van der Waals surface area contributed by atoms with Gasteiger partial charge in [-0.15, -0.1) is 0 Å². The van der Waals surface area contributed by atoms with Crippen molar-refractivity contribution in [3.05, 3.63) is 30.1 Å². The number of hydrogen-bond acceptors (Lipinski definition) is 3. The van der Waals surface area contributed by atoms with Crippen LogP contribution >= 0.6 is 0 Å². The Balaban J connectivity index is 2.28. The van der Waals surface area contributed by atoms with Crippen molar-refractivity contribution in [1.82, 2.24) is 9.88 Å². The molecule has 1 aromatic heterocycles. The fourth-order valence-corrected chi connectivity index (χ4v) is 3.55. The molecule has 0 aromatic carbocycles. The number of amides is 1. The molecule has 1 unspecified atom stereocenters. The number of nitrogens with zero attached hydrogens (tertiary/aromatic N) is 2. The number of piperidine rings is 1. The van der Waals surface area contributed by atoms with E-state index in [0.29, 0.717) is 25.9 Å². The van der Waals surface area contributed by atoms with Gasteiger partial charge in [0.15, 0.2) is 0 Å². The molecule has 5 nitrogen and oxygen atoms in total. The molecule has 1 aliphatic heterocycles. The van der Waals surface area contributed by atoms with Gasteiger partial charge in [0.25, 0.3) is 0 Å². The lowest BCUT2D eigenvalue weighted by molar-refractivity contribution is 0.0889.